The monoisotopic (exact) mass is 186 g/mol. The van der Waals surface area contributed by atoms with E-state index in [0.717, 1.165) is 0 Å². The van der Waals surface area contributed by atoms with Crippen molar-refractivity contribution < 1.29 is 10.2 Å². The van der Waals surface area contributed by atoms with E-state index in [9.17, 15) is 5.11 Å². The summed E-state index contributed by atoms with van der Waals surface area (Å²) in [5.74, 6) is 2.64. The molecular formula is C9H18O2Si. The Morgan fingerprint density at radius 1 is 1.33 bits per heavy atom. The summed E-state index contributed by atoms with van der Waals surface area (Å²) in [6.07, 6.45) is -0.679. The zero-order valence-corrected chi connectivity index (χ0v) is 9.26. The average molecular weight is 186 g/mol. The van der Waals surface area contributed by atoms with Gasteiger partial charge < -0.3 is 10.2 Å². The second kappa shape index (κ2) is 4.66. The first kappa shape index (κ1) is 11.7. The zero-order valence-electron chi connectivity index (χ0n) is 8.26. The van der Waals surface area contributed by atoms with Crippen LogP contribution in [0.1, 0.15) is 6.92 Å². The van der Waals surface area contributed by atoms with Crippen LogP contribution < -0.4 is 0 Å². The molecule has 2 N–H and O–H groups in total. The summed E-state index contributed by atoms with van der Waals surface area (Å²) in [5.41, 5.74) is 3.06. The van der Waals surface area contributed by atoms with Gasteiger partial charge in [0.1, 0.15) is 14.2 Å². The van der Waals surface area contributed by atoms with Gasteiger partial charge in [0, 0.05) is 12.5 Å². The molecule has 0 aliphatic heterocycles. The second-order valence-electron chi connectivity index (χ2n) is 4.12. The molecule has 0 fully saturated rings. The molecule has 12 heavy (non-hydrogen) atoms. The van der Waals surface area contributed by atoms with Gasteiger partial charge in [-0.2, -0.15) is 0 Å². The normalized spacial score (nSPS) is 16.2. The molecule has 0 aromatic heterocycles. The number of rotatable bonds is 2. The molecule has 70 valence electrons. The molecule has 0 aliphatic rings. The maximum atomic E-state index is 9.37. The largest absolute Gasteiger partial charge is 0.396 e. The van der Waals surface area contributed by atoms with Crippen LogP contribution in [-0.4, -0.2) is 31.0 Å². The number of hydrogen-bond acceptors (Lipinski definition) is 2. The van der Waals surface area contributed by atoms with Gasteiger partial charge in [-0.25, -0.2) is 0 Å². The molecule has 2 nitrogen and oxygen atoms in total. The van der Waals surface area contributed by atoms with Crippen LogP contribution in [0.3, 0.4) is 0 Å². The molecule has 0 saturated heterocycles. The first-order valence-electron chi connectivity index (χ1n) is 4.18. The predicted octanol–water partition coefficient (Wildman–Crippen LogP) is 0.856. The third-order valence-corrected chi connectivity index (χ3v) is 2.32. The first-order valence-corrected chi connectivity index (χ1v) is 7.68. The second-order valence-corrected chi connectivity index (χ2v) is 8.87. The zero-order chi connectivity index (χ0) is 9.78. The summed E-state index contributed by atoms with van der Waals surface area (Å²) in [7, 11) is -1.38. The molecule has 0 rings (SSSR count). The van der Waals surface area contributed by atoms with E-state index in [4.69, 9.17) is 5.11 Å². The molecule has 0 heterocycles. The Labute approximate surface area is 75.6 Å². The summed E-state index contributed by atoms with van der Waals surface area (Å²) in [5, 5.41) is 18.1. The lowest BCUT2D eigenvalue weighted by Gasteiger charge is -2.11. The number of aliphatic hydroxyl groups is 2. The lowest BCUT2D eigenvalue weighted by atomic mass is 10.1. The minimum absolute atomic E-state index is 0.0124. The van der Waals surface area contributed by atoms with Gasteiger partial charge in [0.25, 0.3) is 0 Å². The van der Waals surface area contributed by atoms with E-state index in [-0.39, 0.29) is 12.5 Å². The van der Waals surface area contributed by atoms with E-state index in [1.165, 1.54) is 0 Å². The number of aliphatic hydroxyl groups excluding tert-OH is 2. The highest BCUT2D eigenvalue weighted by atomic mass is 28.3. The molecular weight excluding hydrogens is 168 g/mol. The molecule has 3 heteroatoms. The Bertz CT molecular complexity index is 185. The highest BCUT2D eigenvalue weighted by Gasteiger charge is 2.12. The van der Waals surface area contributed by atoms with Crippen LogP contribution in [0.25, 0.3) is 0 Å². The lowest BCUT2D eigenvalue weighted by Crippen LogP contribution is -2.22. The first-order chi connectivity index (χ1) is 5.37. The maximum Gasteiger partial charge on any atom is 0.129 e. The molecule has 0 radical (unpaired) electrons. The Morgan fingerprint density at radius 2 is 1.83 bits per heavy atom. The van der Waals surface area contributed by atoms with Crippen molar-refractivity contribution in [1.82, 2.24) is 0 Å². The minimum Gasteiger partial charge on any atom is -0.396 e. The van der Waals surface area contributed by atoms with Gasteiger partial charge in [0.05, 0.1) is 0 Å². The summed E-state index contributed by atoms with van der Waals surface area (Å²) in [6.45, 7) is 8.13. The van der Waals surface area contributed by atoms with Crippen molar-refractivity contribution in [3.05, 3.63) is 0 Å². The fourth-order valence-electron chi connectivity index (χ4n) is 0.533. The third-order valence-electron chi connectivity index (χ3n) is 1.42. The number of hydrogen-bond donors (Lipinski definition) is 2. The fraction of sp³-hybridized carbons (Fsp3) is 0.778. The van der Waals surface area contributed by atoms with E-state index in [2.05, 4.69) is 31.1 Å². The highest BCUT2D eigenvalue weighted by Crippen LogP contribution is 2.02. The van der Waals surface area contributed by atoms with Crippen molar-refractivity contribution in [2.24, 2.45) is 5.92 Å². The molecule has 0 aromatic carbocycles. The molecule has 0 aromatic rings. The quantitative estimate of drug-likeness (QED) is 0.496. The maximum absolute atomic E-state index is 9.37. The van der Waals surface area contributed by atoms with Crippen LogP contribution in [0.2, 0.25) is 19.6 Å². The van der Waals surface area contributed by atoms with Crippen molar-refractivity contribution in [1.29, 1.82) is 0 Å². The summed E-state index contributed by atoms with van der Waals surface area (Å²) < 4.78 is 0. The standard InChI is InChI=1S/C9H18O2Si/c1-8(7-10)9(11)5-6-12(2,3)4/h8-11H,7H2,1-4H3/t8-,9+/m1/s1. The highest BCUT2D eigenvalue weighted by molar-refractivity contribution is 6.83. The van der Waals surface area contributed by atoms with Crippen molar-refractivity contribution in [2.75, 3.05) is 6.61 Å². The van der Waals surface area contributed by atoms with Crippen LogP contribution in [-0.2, 0) is 0 Å². The van der Waals surface area contributed by atoms with Crippen molar-refractivity contribution in [3.63, 3.8) is 0 Å². The van der Waals surface area contributed by atoms with Crippen molar-refractivity contribution >= 4 is 8.07 Å². The molecule has 0 saturated carbocycles. The van der Waals surface area contributed by atoms with Crippen molar-refractivity contribution in [2.45, 2.75) is 32.7 Å². The molecule has 0 unspecified atom stereocenters. The summed E-state index contributed by atoms with van der Waals surface area (Å²) in [6, 6.07) is 0. The molecule has 0 amide bonds. The van der Waals surface area contributed by atoms with Gasteiger partial charge in [-0.3, -0.25) is 0 Å². The topological polar surface area (TPSA) is 40.5 Å². The van der Waals surface area contributed by atoms with Crippen LogP contribution >= 0.6 is 0 Å². The fourth-order valence-corrected chi connectivity index (χ4v) is 1.11. The van der Waals surface area contributed by atoms with Gasteiger partial charge in [0.2, 0.25) is 0 Å². The van der Waals surface area contributed by atoms with Crippen LogP contribution in [0.15, 0.2) is 0 Å². The smallest absolute Gasteiger partial charge is 0.129 e. The minimum atomic E-state index is -1.38. The SMILES string of the molecule is C[C@H](CO)[C@@H](O)C#C[Si](C)(C)C. The third kappa shape index (κ3) is 5.36. The Hall–Kier alpha value is -0.303. The van der Waals surface area contributed by atoms with Gasteiger partial charge in [-0.15, -0.1) is 5.54 Å². The van der Waals surface area contributed by atoms with Crippen LogP contribution in [0.5, 0.6) is 0 Å². The average Bonchev–Trinajstić information content (AvgIpc) is 1.97. The van der Waals surface area contributed by atoms with E-state index in [1.807, 2.05) is 0 Å². The Balaban J connectivity index is 4.13. The van der Waals surface area contributed by atoms with E-state index < -0.39 is 14.2 Å². The van der Waals surface area contributed by atoms with E-state index in [0.29, 0.717) is 0 Å². The van der Waals surface area contributed by atoms with Gasteiger partial charge in [0.15, 0.2) is 0 Å². The molecule has 0 aliphatic carbocycles. The van der Waals surface area contributed by atoms with Gasteiger partial charge in [-0.05, 0) is 0 Å². The van der Waals surface area contributed by atoms with E-state index >= 15 is 0 Å². The lowest BCUT2D eigenvalue weighted by molar-refractivity contribution is 0.118. The van der Waals surface area contributed by atoms with Gasteiger partial charge in [-0.1, -0.05) is 32.5 Å². The summed E-state index contributed by atoms with van der Waals surface area (Å²) >= 11 is 0. The molecule has 2 atom stereocenters. The summed E-state index contributed by atoms with van der Waals surface area (Å²) in [4.78, 5) is 0. The molecule has 0 spiro atoms. The molecule has 0 bridgehead atoms. The van der Waals surface area contributed by atoms with Crippen LogP contribution in [0, 0.1) is 17.4 Å². The van der Waals surface area contributed by atoms with Gasteiger partial charge >= 0.3 is 0 Å². The predicted molar refractivity (Wildman–Crippen MR) is 53.4 cm³/mol. The van der Waals surface area contributed by atoms with E-state index in [1.54, 1.807) is 6.92 Å². The van der Waals surface area contributed by atoms with Crippen LogP contribution in [0.4, 0.5) is 0 Å². The Morgan fingerprint density at radius 3 is 2.17 bits per heavy atom. The Kier molecular flexibility index (Phi) is 4.54. The van der Waals surface area contributed by atoms with Crippen molar-refractivity contribution in [3.8, 4) is 11.5 Å².